The molecule has 0 fully saturated rings. The summed E-state index contributed by atoms with van der Waals surface area (Å²) in [4.78, 5) is 2.86. The number of rotatable bonds is 0. The van der Waals surface area contributed by atoms with Crippen LogP contribution < -0.4 is 0 Å². The molecule has 2 heteroatoms. The van der Waals surface area contributed by atoms with E-state index >= 15 is 0 Å². The smallest absolute Gasteiger partial charge is 0.0175 e. The van der Waals surface area contributed by atoms with Crippen LogP contribution >= 0.6 is 15.9 Å². The molecular weight excluding hydrogens is 214 g/mol. The van der Waals surface area contributed by atoms with Crippen LogP contribution in [0.3, 0.4) is 0 Å². The Labute approximate surface area is 80.6 Å². The molecule has 12 heavy (non-hydrogen) atoms. The number of aromatic amines is 1. The van der Waals surface area contributed by atoms with Gasteiger partial charge >= 0.3 is 0 Å². The van der Waals surface area contributed by atoms with E-state index in [-0.39, 0.29) is 0 Å². The second-order valence-electron chi connectivity index (χ2n) is 2.18. The maximum absolute atomic E-state index is 3.31. The maximum Gasteiger partial charge on any atom is 0.0175 e. The van der Waals surface area contributed by atoms with Gasteiger partial charge in [-0.3, -0.25) is 0 Å². The highest BCUT2D eigenvalue weighted by Gasteiger charge is 1.74. The number of hydrogen-bond acceptors (Lipinski definition) is 0. The predicted octanol–water partition coefficient (Wildman–Crippen LogP) is 3.46. The summed E-state index contributed by atoms with van der Waals surface area (Å²) >= 11 is 3.31. The van der Waals surface area contributed by atoms with Crippen LogP contribution in [0.2, 0.25) is 0 Å². The normalized spacial score (nSPS) is 8.42. The molecule has 0 aliphatic rings. The summed E-state index contributed by atoms with van der Waals surface area (Å²) in [6.45, 7) is 0. The van der Waals surface area contributed by atoms with Crippen LogP contribution in [0.1, 0.15) is 0 Å². The molecule has 1 N–H and O–H groups in total. The van der Waals surface area contributed by atoms with E-state index in [2.05, 4.69) is 20.9 Å². The topological polar surface area (TPSA) is 15.8 Å². The third-order valence-electron chi connectivity index (χ3n) is 1.23. The first-order chi connectivity index (χ1) is 5.89. The Hall–Kier alpha value is -1.02. The number of hydrogen-bond donors (Lipinski definition) is 1. The fourth-order valence-electron chi connectivity index (χ4n) is 0.692. The van der Waals surface area contributed by atoms with Crippen LogP contribution in [0.4, 0.5) is 0 Å². The molecule has 1 aromatic heterocycles. The lowest BCUT2D eigenvalue weighted by molar-refractivity contribution is 1.42. The molecule has 0 unspecified atom stereocenters. The molecule has 1 nitrogen and oxygen atoms in total. The van der Waals surface area contributed by atoms with Gasteiger partial charge in [-0.1, -0.05) is 34.1 Å². The van der Waals surface area contributed by atoms with Gasteiger partial charge in [0, 0.05) is 16.9 Å². The van der Waals surface area contributed by atoms with Crippen LogP contribution in [-0.4, -0.2) is 4.98 Å². The first-order valence-corrected chi connectivity index (χ1v) is 4.47. The van der Waals surface area contributed by atoms with Crippen molar-refractivity contribution in [2.45, 2.75) is 0 Å². The number of benzene rings is 1. The average Bonchev–Trinajstić information content (AvgIpc) is 2.62. The van der Waals surface area contributed by atoms with Crippen LogP contribution in [0.5, 0.6) is 0 Å². The summed E-state index contributed by atoms with van der Waals surface area (Å²) in [5.41, 5.74) is 0. The zero-order valence-corrected chi connectivity index (χ0v) is 8.16. The molecule has 2 rings (SSSR count). The zero-order chi connectivity index (χ0) is 8.65. The molecule has 1 heterocycles. The molecule has 0 saturated carbocycles. The number of H-pyrrole nitrogens is 1. The highest BCUT2D eigenvalue weighted by molar-refractivity contribution is 9.10. The van der Waals surface area contributed by atoms with Gasteiger partial charge in [0.2, 0.25) is 0 Å². The van der Waals surface area contributed by atoms with Crippen molar-refractivity contribution >= 4 is 15.9 Å². The van der Waals surface area contributed by atoms with Crippen molar-refractivity contribution in [2.75, 3.05) is 0 Å². The van der Waals surface area contributed by atoms with E-state index in [1.807, 2.05) is 54.9 Å². The Morgan fingerprint density at radius 3 is 1.67 bits per heavy atom. The molecule has 1 aromatic carbocycles. The Balaban J connectivity index is 0.000000127. The Morgan fingerprint density at radius 1 is 0.833 bits per heavy atom. The zero-order valence-electron chi connectivity index (χ0n) is 6.57. The fraction of sp³-hybridized carbons (Fsp3) is 0. The van der Waals surface area contributed by atoms with Crippen LogP contribution in [0.25, 0.3) is 0 Å². The molecule has 2 aromatic rings. The van der Waals surface area contributed by atoms with E-state index in [9.17, 15) is 0 Å². The predicted molar refractivity (Wildman–Crippen MR) is 54.9 cm³/mol. The Kier molecular flexibility index (Phi) is 4.24. The van der Waals surface area contributed by atoms with Crippen molar-refractivity contribution in [3.63, 3.8) is 0 Å². The van der Waals surface area contributed by atoms with E-state index in [1.54, 1.807) is 0 Å². The summed E-state index contributed by atoms with van der Waals surface area (Å²) in [5, 5.41) is 0. The quantitative estimate of drug-likeness (QED) is 0.705. The number of nitrogens with one attached hydrogen (secondary N) is 1. The largest absolute Gasteiger partial charge is 0.368 e. The first-order valence-electron chi connectivity index (χ1n) is 3.68. The molecule has 0 aliphatic carbocycles. The lowest BCUT2D eigenvalue weighted by atomic mass is 10.4. The molecular formula is C10H10BrN. The summed E-state index contributed by atoms with van der Waals surface area (Å²) < 4.78 is 1.13. The van der Waals surface area contributed by atoms with Gasteiger partial charge in [0.15, 0.2) is 0 Å². The number of aromatic nitrogens is 1. The molecule has 0 bridgehead atoms. The standard InChI is InChI=1S/C6H5Br.C4H5N/c7-6-4-2-1-3-5-6;1-2-4-5-3-1/h1-5H;1-5H. The molecule has 0 aliphatic heterocycles. The molecule has 0 amide bonds. The van der Waals surface area contributed by atoms with Crippen LogP contribution in [0, 0.1) is 0 Å². The molecule has 62 valence electrons. The highest BCUT2D eigenvalue weighted by atomic mass is 79.9. The van der Waals surface area contributed by atoms with E-state index in [1.165, 1.54) is 0 Å². The van der Waals surface area contributed by atoms with Crippen molar-refractivity contribution in [3.8, 4) is 0 Å². The lowest BCUT2D eigenvalue weighted by Crippen LogP contribution is -1.55. The maximum atomic E-state index is 3.31. The minimum Gasteiger partial charge on any atom is -0.368 e. The Bertz CT molecular complexity index is 259. The lowest BCUT2D eigenvalue weighted by Gasteiger charge is -1.80. The summed E-state index contributed by atoms with van der Waals surface area (Å²) in [6.07, 6.45) is 3.75. The van der Waals surface area contributed by atoms with E-state index in [0.29, 0.717) is 0 Å². The van der Waals surface area contributed by atoms with Crippen LogP contribution in [0.15, 0.2) is 59.3 Å². The van der Waals surface area contributed by atoms with Crippen molar-refractivity contribution in [2.24, 2.45) is 0 Å². The van der Waals surface area contributed by atoms with Crippen molar-refractivity contribution in [1.29, 1.82) is 0 Å². The molecule has 0 spiro atoms. The van der Waals surface area contributed by atoms with E-state index in [4.69, 9.17) is 0 Å². The summed E-state index contributed by atoms with van der Waals surface area (Å²) in [6, 6.07) is 13.9. The van der Waals surface area contributed by atoms with Gasteiger partial charge in [0.1, 0.15) is 0 Å². The fourth-order valence-corrected chi connectivity index (χ4v) is 0.998. The Morgan fingerprint density at radius 2 is 1.42 bits per heavy atom. The molecule has 0 saturated heterocycles. The van der Waals surface area contributed by atoms with Crippen LogP contribution in [-0.2, 0) is 0 Å². The van der Waals surface area contributed by atoms with Crippen molar-refractivity contribution in [3.05, 3.63) is 59.3 Å². The van der Waals surface area contributed by atoms with Gasteiger partial charge in [-0.2, -0.15) is 0 Å². The van der Waals surface area contributed by atoms with E-state index in [0.717, 1.165) is 4.47 Å². The minimum atomic E-state index is 1.13. The van der Waals surface area contributed by atoms with Gasteiger partial charge in [-0.15, -0.1) is 0 Å². The summed E-state index contributed by atoms with van der Waals surface area (Å²) in [5.74, 6) is 0. The van der Waals surface area contributed by atoms with Gasteiger partial charge in [0.25, 0.3) is 0 Å². The van der Waals surface area contributed by atoms with Gasteiger partial charge in [-0.05, 0) is 24.3 Å². The monoisotopic (exact) mass is 223 g/mol. The van der Waals surface area contributed by atoms with Gasteiger partial charge < -0.3 is 4.98 Å². The third-order valence-corrected chi connectivity index (χ3v) is 1.76. The molecule has 0 atom stereocenters. The minimum absolute atomic E-state index is 1.13. The average molecular weight is 224 g/mol. The molecule has 0 radical (unpaired) electrons. The van der Waals surface area contributed by atoms with Gasteiger partial charge in [0.05, 0.1) is 0 Å². The summed E-state index contributed by atoms with van der Waals surface area (Å²) in [7, 11) is 0. The third kappa shape index (κ3) is 3.98. The van der Waals surface area contributed by atoms with Crippen molar-refractivity contribution < 1.29 is 0 Å². The second kappa shape index (κ2) is 5.61. The van der Waals surface area contributed by atoms with E-state index < -0.39 is 0 Å². The first kappa shape index (κ1) is 9.07. The van der Waals surface area contributed by atoms with Crippen molar-refractivity contribution in [1.82, 2.24) is 4.98 Å². The number of halogens is 1. The SMILES string of the molecule is Brc1ccccc1.c1cc[nH]c1. The second-order valence-corrected chi connectivity index (χ2v) is 3.10. The highest BCUT2D eigenvalue weighted by Crippen LogP contribution is 2.05. The van der Waals surface area contributed by atoms with Gasteiger partial charge in [-0.25, -0.2) is 0 Å².